The Balaban J connectivity index is 2.23. The molecule has 2 aromatic heterocycles. The van der Waals surface area contributed by atoms with Crippen molar-refractivity contribution in [1.82, 2.24) is 9.97 Å². The topological polar surface area (TPSA) is 52.1 Å². The predicted octanol–water partition coefficient (Wildman–Crippen LogP) is 3.83. The number of rotatable bonds is 1. The van der Waals surface area contributed by atoms with Crippen LogP contribution in [0.2, 0.25) is 0 Å². The second kappa shape index (κ2) is 3.57. The highest BCUT2D eigenvalue weighted by Gasteiger charge is 2.21. The highest BCUT2D eigenvalue weighted by atomic mass is 16.4. The molecule has 0 aliphatic rings. The van der Waals surface area contributed by atoms with Gasteiger partial charge in [-0.15, -0.1) is 0 Å². The van der Waals surface area contributed by atoms with Crippen molar-refractivity contribution in [2.45, 2.75) is 39.5 Å². The molecule has 0 aliphatic heterocycles. The van der Waals surface area contributed by atoms with Gasteiger partial charge in [-0.3, -0.25) is 0 Å². The summed E-state index contributed by atoms with van der Waals surface area (Å²) >= 11 is 0. The van der Waals surface area contributed by atoms with Crippen LogP contribution in [0.4, 0.5) is 0 Å². The first-order chi connectivity index (χ1) is 8.47. The summed E-state index contributed by atoms with van der Waals surface area (Å²) in [5.41, 5.74) is 3.10. The van der Waals surface area contributed by atoms with Gasteiger partial charge in [0.25, 0.3) is 0 Å². The van der Waals surface area contributed by atoms with Gasteiger partial charge in [0.15, 0.2) is 17.1 Å². The van der Waals surface area contributed by atoms with Gasteiger partial charge in [0, 0.05) is 24.0 Å². The Bertz CT molecular complexity index is 665. The van der Waals surface area contributed by atoms with E-state index in [1.807, 2.05) is 19.1 Å². The van der Waals surface area contributed by atoms with Gasteiger partial charge >= 0.3 is 0 Å². The van der Waals surface area contributed by atoms with Gasteiger partial charge in [-0.2, -0.15) is 0 Å². The Kier molecular flexibility index (Phi) is 2.24. The van der Waals surface area contributed by atoms with E-state index in [0.29, 0.717) is 0 Å². The van der Waals surface area contributed by atoms with Gasteiger partial charge in [-0.25, -0.2) is 9.97 Å². The predicted molar refractivity (Wildman–Crippen MR) is 69.7 cm³/mol. The number of nitrogens with zero attached hydrogens (tertiary/aromatic N) is 2. The normalized spacial score (nSPS) is 12.7. The second-order valence-electron chi connectivity index (χ2n) is 5.52. The molecule has 4 nitrogen and oxygen atoms in total. The minimum Gasteiger partial charge on any atom is -0.441 e. The van der Waals surface area contributed by atoms with Crippen LogP contribution >= 0.6 is 0 Å². The van der Waals surface area contributed by atoms with Crippen LogP contribution in [0.25, 0.3) is 22.2 Å². The largest absolute Gasteiger partial charge is 0.441 e. The molecule has 0 atom stereocenters. The molecule has 0 radical (unpaired) electrons. The van der Waals surface area contributed by atoms with Crippen molar-refractivity contribution in [3.05, 3.63) is 23.9 Å². The molecule has 94 valence electrons. The minimum absolute atomic E-state index is 0.0951. The third-order valence-corrected chi connectivity index (χ3v) is 2.89. The maximum absolute atomic E-state index is 5.79. The van der Waals surface area contributed by atoms with E-state index in [1.54, 1.807) is 0 Å². The first-order valence-corrected chi connectivity index (χ1v) is 6.18. The van der Waals surface area contributed by atoms with Crippen molar-refractivity contribution in [3.8, 4) is 0 Å². The third-order valence-electron chi connectivity index (χ3n) is 2.89. The molecule has 0 unspecified atom stereocenters. The molecule has 0 fully saturated rings. The number of oxazole rings is 2. The summed E-state index contributed by atoms with van der Waals surface area (Å²) in [6.07, 6.45) is 0.788. The van der Waals surface area contributed by atoms with Crippen molar-refractivity contribution in [2.75, 3.05) is 0 Å². The monoisotopic (exact) mass is 244 g/mol. The first-order valence-electron chi connectivity index (χ1n) is 6.18. The summed E-state index contributed by atoms with van der Waals surface area (Å²) in [6, 6.07) is 3.80. The van der Waals surface area contributed by atoms with Crippen molar-refractivity contribution >= 4 is 22.2 Å². The number of benzene rings is 1. The molecule has 4 heteroatoms. The average molecular weight is 244 g/mol. The maximum Gasteiger partial charge on any atom is 0.200 e. The van der Waals surface area contributed by atoms with Gasteiger partial charge in [0.05, 0.1) is 0 Å². The fraction of sp³-hybridized carbons (Fsp3) is 0.429. The molecule has 2 heterocycles. The average Bonchev–Trinajstić information content (AvgIpc) is 2.86. The quantitative estimate of drug-likeness (QED) is 0.652. The van der Waals surface area contributed by atoms with E-state index in [1.165, 1.54) is 0 Å². The zero-order chi connectivity index (χ0) is 12.9. The molecule has 0 saturated carbocycles. The van der Waals surface area contributed by atoms with Crippen LogP contribution in [0.5, 0.6) is 0 Å². The lowest BCUT2D eigenvalue weighted by Gasteiger charge is -2.11. The van der Waals surface area contributed by atoms with Crippen LogP contribution in [0.3, 0.4) is 0 Å². The summed E-state index contributed by atoms with van der Waals surface area (Å²) in [4.78, 5) is 8.91. The van der Waals surface area contributed by atoms with E-state index in [9.17, 15) is 0 Å². The Morgan fingerprint density at radius 3 is 2.22 bits per heavy atom. The number of hydrogen-bond acceptors (Lipinski definition) is 4. The fourth-order valence-electron chi connectivity index (χ4n) is 1.87. The minimum atomic E-state index is -0.0951. The smallest absolute Gasteiger partial charge is 0.200 e. The van der Waals surface area contributed by atoms with Gasteiger partial charge < -0.3 is 8.83 Å². The zero-order valence-electron chi connectivity index (χ0n) is 11.1. The number of hydrogen-bond donors (Lipinski definition) is 0. The van der Waals surface area contributed by atoms with E-state index in [-0.39, 0.29) is 5.41 Å². The van der Waals surface area contributed by atoms with E-state index < -0.39 is 0 Å². The summed E-state index contributed by atoms with van der Waals surface area (Å²) in [6.45, 7) is 8.25. The second-order valence-corrected chi connectivity index (χ2v) is 5.52. The molecule has 18 heavy (non-hydrogen) atoms. The molecular formula is C14H16N2O2. The Morgan fingerprint density at radius 1 is 1.00 bits per heavy atom. The van der Waals surface area contributed by atoms with E-state index in [0.717, 1.165) is 40.4 Å². The molecule has 0 spiro atoms. The fourth-order valence-corrected chi connectivity index (χ4v) is 1.87. The van der Waals surface area contributed by atoms with Crippen LogP contribution in [0, 0.1) is 0 Å². The van der Waals surface area contributed by atoms with Crippen molar-refractivity contribution in [3.63, 3.8) is 0 Å². The summed E-state index contributed by atoms with van der Waals surface area (Å²) in [5, 5.41) is 0. The van der Waals surface area contributed by atoms with Gasteiger partial charge in [0.2, 0.25) is 5.89 Å². The number of aromatic nitrogens is 2. The molecular weight excluding hydrogens is 228 g/mol. The van der Waals surface area contributed by atoms with Crippen molar-refractivity contribution in [1.29, 1.82) is 0 Å². The Labute approximate surface area is 105 Å². The third kappa shape index (κ3) is 1.68. The van der Waals surface area contributed by atoms with Crippen molar-refractivity contribution in [2.24, 2.45) is 0 Å². The molecule has 0 aliphatic carbocycles. The van der Waals surface area contributed by atoms with Gasteiger partial charge in [-0.1, -0.05) is 27.7 Å². The molecule has 3 aromatic rings. The Morgan fingerprint density at radius 2 is 1.61 bits per heavy atom. The SMILES string of the molecule is CCc1nc2cc3oc(C(C)(C)C)nc3cc2o1. The van der Waals surface area contributed by atoms with Crippen LogP contribution in [0.1, 0.15) is 39.5 Å². The molecule has 0 saturated heterocycles. The molecule has 0 N–H and O–H groups in total. The van der Waals surface area contributed by atoms with Gasteiger partial charge in [0.1, 0.15) is 11.0 Å². The van der Waals surface area contributed by atoms with Crippen LogP contribution in [-0.2, 0) is 11.8 Å². The van der Waals surface area contributed by atoms with E-state index >= 15 is 0 Å². The Hall–Kier alpha value is -1.84. The highest BCUT2D eigenvalue weighted by molar-refractivity contribution is 5.89. The zero-order valence-corrected chi connectivity index (χ0v) is 11.1. The van der Waals surface area contributed by atoms with Crippen LogP contribution in [0.15, 0.2) is 21.0 Å². The molecule has 0 amide bonds. The number of aryl methyl sites for hydroxylation is 1. The molecule has 3 rings (SSSR count). The van der Waals surface area contributed by atoms with Crippen molar-refractivity contribution < 1.29 is 8.83 Å². The summed E-state index contributed by atoms with van der Waals surface area (Å²) < 4.78 is 11.4. The van der Waals surface area contributed by atoms with Gasteiger partial charge in [-0.05, 0) is 0 Å². The number of fused-ring (bicyclic) bond motifs is 2. The van der Waals surface area contributed by atoms with E-state index in [2.05, 4.69) is 30.7 Å². The maximum atomic E-state index is 5.79. The lowest BCUT2D eigenvalue weighted by atomic mass is 9.97. The molecule has 1 aromatic carbocycles. The first kappa shape index (κ1) is 11.3. The summed E-state index contributed by atoms with van der Waals surface area (Å²) in [5.74, 6) is 1.48. The lowest BCUT2D eigenvalue weighted by molar-refractivity contribution is 0.411. The standard InChI is InChI=1S/C14H16N2O2/c1-5-12-15-8-6-11-9(7-10(8)17-12)16-13(18-11)14(2,3)4/h6-7H,5H2,1-4H3. The van der Waals surface area contributed by atoms with Crippen LogP contribution in [-0.4, -0.2) is 9.97 Å². The molecule has 0 bridgehead atoms. The van der Waals surface area contributed by atoms with E-state index in [4.69, 9.17) is 8.83 Å². The highest BCUT2D eigenvalue weighted by Crippen LogP contribution is 2.29. The van der Waals surface area contributed by atoms with Crippen LogP contribution < -0.4 is 0 Å². The lowest BCUT2D eigenvalue weighted by Crippen LogP contribution is -2.10. The summed E-state index contributed by atoms with van der Waals surface area (Å²) in [7, 11) is 0.